The Kier molecular flexibility index (Phi) is 6.11. The van der Waals surface area contributed by atoms with Gasteiger partial charge in [-0.25, -0.2) is 0 Å². The van der Waals surface area contributed by atoms with Gasteiger partial charge in [0.2, 0.25) is 0 Å². The predicted octanol–water partition coefficient (Wildman–Crippen LogP) is 3.61. The van der Waals surface area contributed by atoms with Crippen molar-refractivity contribution in [2.45, 2.75) is 12.8 Å². The molecule has 5 heteroatoms. The van der Waals surface area contributed by atoms with E-state index in [1.807, 2.05) is 18.4 Å². The van der Waals surface area contributed by atoms with E-state index >= 15 is 0 Å². The largest absolute Gasteiger partial charge is 0.370 e. The van der Waals surface area contributed by atoms with Crippen LogP contribution in [0.25, 0.3) is 0 Å². The van der Waals surface area contributed by atoms with E-state index < -0.39 is 0 Å². The Morgan fingerprint density at radius 1 is 1.29 bits per heavy atom. The second-order valence-electron chi connectivity index (χ2n) is 3.87. The molecule has 0 aliphatic carbocycles. The molecule has 0 saturated carbocycles. The summed E-state index contributed by atoms with van der Waals surface area (Å²) in [7, 11) is 0. The molecule has 1 saturated heterocycles. The normalized spacial score (nSPS) is 14.3. The molecule has 17 heavy (non-hydrogen) atoms. The van der Waals surface area contributed by atoms with Gasteiger partial charge >= 0.3 is 0 Å². The molecular formula is C12H18IN3S. The summed E-state index contributed by atoms with van der Waals surface area (Å²) in [6.45, 7) is 2.26. The number of hydrogen-bond acceptors (Lipinski definition) is 3. The van der Waals surface area contributed by atoms with E-state index in [1.54, 1.807) is 0 Å². The first-order valence-electron chi connectivity index (χ1n) is 5.55. The smallest absolute Gasteiger partial charge is 0.157 e. The van der Waals surface area contributed by atoms with Gasteiger partial charge in [-0.3, -0.25) is 5.41 Å². The highest BCUT2D eigenvalue weighted by Crippen LogP contribution is 2.28. The minimum Gasteiger partial charge on any atom is -0.370 e. The summed E-state index contributed by atoms with van der Waals surface area (Å²) in [5.41, 5.74) is 2.27. The lowest BCUT2D eigenvalue weighted by molar-refractivity contribution is 0.949. The van der Waals surface area contributed by atoms with Crippen LogP contribution in [0.2, 0.25) is 0 Å². The summed E-state index contributed by atoms with van der Waals surface area (Å²) >= 11 is 1.42. The average molecular weight is 363 g/mol. The molecule has 2 N–H and O–H groups in total. The monoisotopic (exact) mass is 363 g/mol. The zero-order chi connectivity index (χ0) is 11.4. The highest BCUT2D eigenvalue weighted by atomic mass is 127. The van der Waals surface area contributed by atoms with Gasteiger partial charge in [0.1, 0.15) is 0 Å². The first-order chi connectivity index (χ1) is 7.81. The summed E-state index contributed by atoms with van der Waals surface area (Å²) in [5.74, 6) is 0. The number of halogens is 1. The van der Waals surface area contributed by atoms with E-state index in [4.69, 9.17) is 5.41 Å². The number of nitrogens with zero attached hydrogens (tertiary/aromatic N) is 1. The molecule has 2 rings (SSSR count). The molecule has 0 unspecified atom stereocenters. The van der Waals surface area contributed by atoms with Crippen molar-refractivity contribution in [1.82, 2.24) is 0 Å². The summed E-state index contributed by atoms with van der Waals surface area (Å²) in [5, 5.41) is 11.3. The van der Waals surface area contributed by atoms with Gasteiger partial charge in [-0.2, -0.15) is 0 Å². The Morgan fingerprint density at radius 3 is 2.59 bits per heavy atom. The number of hydrogen-bond donors (Lipinski definition) is 2. The topological polar surface area (TPSA) is 39.1 Å². The Balaban J connectivity index is 0.00000144. The standard InChI is InChI=1S/C12H17N3S.HI/c1-16-12(13)14-10-6-2-3-7-11(10)15-8-4-5-9-15;/h2-3,6-7H,4-5,8-9H2,1H3,(H2,13,14);1H. The lowest BCUT2D eigenvalue weighted by atomic mass is 10.2. The molecule has 3 nitrogen and oxygen atoms in total. The van der Waals surface area contributed by atoms with Crippen LogP contribution in [0.1, 0.15) is 12.8 Å². The third kappa shape index (κ3) is 3.77. The number of thioether (sulfide) groups is 1. The molecule has 1 heterocycles. The zero-order valence-corrected chi connectivity index (χ0v) is 13.0. The molecular weight excluding hydrogens is 345 g/mol. The number of nitrogens with one attached hydrogen (secondary N) is 2. The maximum absolute atomic E-state index is 7.68. The molecule has 1 fully saturated rings. The first-order valence-corrected chi connectivity index (χ1v) is 6.77. The van der Waals surface area contributed by atoms with Crippen molar-refractivity contribution in [3.05, 3.63) is 24.3 Å². The van der Waals surface area contributed by atoms with Crippen molar-refractivity contribution in [1.29, 1.82) is 5.41 Å². The number of rotatable bonds is 2. The van der Waals surface area contributed by atoms with Crippen LogP contribution in [-0.4, -0.2) is 24.5 Å². The Morgan fingerprint density at radius 2 is 1.94 bits per heavy atom. The Bertz CT molecular complexity index is 378. The molecule has 1 aliphatic heterocycles. The fourth-order valence-corrected chi connectivity index (χ4v) is 2.20. The highest BCUT2D eigenvalue weighted by molar-refractivity contribution is 14.0. The number of para-hydroxylation sites is 2. The fourth-order valence-electron chi connectivity index (χ4n) is 1.99. The third-order valence-electron chi connectivity index (χ3n) is 2.80. The molecule has 1 aliphatic rings. The first kappa shape index (κ1) is 14.6. The summed E-state index contributed by atoms with van der Waals surface area (Å²) < 4.78 is 0. The van der Waals surface area contributed by atoms with Gasteiger partial charge in [-0.1, -0.05) is 23.9 Å². The van der Waals surface area contributed by atoms with Gasteiger partial charge in [0.05, 0.1) is 11.4 Å². The molecule has 0 spiro atoms. The van der Waals surface area contributed by atoms with Crippen LogP contribution in [0.15, 0.2) is 24.3 Å². The molecule has 1 aromatic rings. The van der Waals surface area contributed by atoms with Crippen LogP contribution >= 0.6 is 35.7 Å². The average Bonchev–Trinajstić information content (AvgIpc) is 2.83. The highest BCUT2D eigenvalue weighted by Gasteiger charge is 2.15. The van der Waals surface area contributed by atoms with Crippen molar-refractivity contribution >= 4 is 52.3 Å². The van der Waals surface area contributed by atoms with Crippen LogP contribution in [0, 0.1) is 5.41 Å². The van der Waals surface area contributed by atoms with Crippen molar-refractivity contribution in [2.24, 2.45) is 0 Å². The van der Waals surface area contributed by atoms with E-state index in [9.17, 15) is 0 Å². The molecule has 0 bridgehead atoms. The van der Waals surface area contributed by atoms with Gasteiger partial charge in [0, 0.05) is 13.1 Å². The van der Waals surface area contributed by atoms with Crippen LogP contribution in [0.5, 0.6) is 0 Å². The van der Waals surface area contributed by atoms with Gasteiger partial charge in [-0.15, -0.1) is 24.0 Å². The van der Waals surface area contributed by atoms with E-state index in [0.29, 0.717) is 5.17 Å². The number of amidine groups is 1. The van der Waals surface area contributed by atoms with E-state index in [2.05, 4.69) is 22.3 Å². The molecule has 0 aromatic heterocycles. The maximum Gasteiger partial charge on any atom is 0.157 e. The van der Waals surface area contributed by atoms with Crippen LogP contribution in [-0.2, 0) is 0 Å². The van der Waals surface area contributed by atoms with E-state index in [1.165, 1.54) is 30.3 Å². The quantitative estimate of drug-likeness (QED) is 0.479. The molecule has 0 atom stereocenters. The van der Waals surface area contributed by atoms with Gasteiger partial charge in [-0.05, 0) is 31.2 Å². The third-order valence-corrected chi connectivity index (χ3v) is 3.31. The minimum absolute atomic E-state index is 0. The van der Waals surface area contributed by atoms with Crippen LogP contribution in [0.3, 0.4) is 0 Å². The summed E-state index contributed by atoms with van der Waals surface area (Å²) in [4.78, 5) is 2.38. The second kappa shape index (κ2) is 7.10. The molecule has 1 aromatic carbocycles. The van der Waals surface area contributed by atoms with Gasteiger partial charge < -0.3 is 10.2 Å². The number of anilines is 2. The molecule has 94 valence electrons. The fraction of sp³-hybridized carbons (Fsp3) is 0.417. The van der Waals surface area contributed by atoms with Gasteiger partial charge in [0.25, 0.3) is 0 Å². The second-order valence-corrected chi connectivity index (χ2v) is 4.69. The van der Waals surface area contributed by atoms with Crippen LogP contribution in [0.4, 0.5) is 11.4 Å². The zero-order valence-electron chi connectivity index (χ0n) is 9.90. The van der Waals surface area contributed by atoms with E-state index in [-0.39, 0.29) is 24.0 Å². The Hall–Kier alpha value is -0.430. The molecule has 0 radical (unpaired) electrons. The Labute approximate surface area is 124 Å². The summed E-state index contributed by atoms with van der Waals surface area (Å²) in [6, 6.07) is 8.23. The lowest BCUT2D eigenvalue weighted by Crippen LogP contribution is -2.20. The predicted molar refractivity (Wildman–Crippen MR) is 88.2 cm³/mol. The van der Waals surface area contributed by atoms with Crippen molar-refractivity contribution in [3.8, 4) is 0 Å². The van der Waals surface area contributed by atoms with Crippen molar-refractivity contribution in [3.63, 3.8) is 0 Å². The minimum atomic E-state index is 0. The van der Waals surface area contributed by atoms with E-state index in [0.717, 1.165) is 18.8 Å². The van der Waals surface area contributed by atoms with Gasteiger partial charge in [0.15, 0.2) is 5.17 Å². The molecule has 0 amide bonds. The summed E-state index contributed by atoms with van der Waals surface area (Å²) in [6.07, 6.45) is 4.45. The van der Waals surface area contributed by atoms with Crippen molar-refractivity contribution < 1.29 is 0 Å². The maximum atomic E-state index is 7.68. The number of benzene rings is 1. The van der Waals surface area contributed by atoms with Crippen molar-refractivity contribution in [2.75, 3.05) is 29.6 Å². The SMILES string of the molecule is CSC(=N)Nc1ccccc1N1CCCC1.I. The lowest BCUT2D eigenvalue weighted by Gasteiger charge is -2.21. The van der Waals surface area contributed by atoms with Crippen LogP contribution < -0.4 is 10.2 Å².